The summed E-state index contributed by atoms with van der Waals surface area (Å²) in [6.07, 6.45) is -12.9. The maximum Gasteiger partial charge on any atom is 0.302 e. The maximum absolute atomic E-state index is 10.5. The van der Waals surface area contributed by atoms with E-state index in [0.29, 0.717) is 26.1 Å². The fraction of sp³-hybridized carbons (Fsp3) is 0.977. The zero-order valence-electron chi connectivity index (χ0n) is 40.8. The van der Waals surface area contributed by atoms with Gasteiger partial charge < -0.3 is 118 Å². The van der Waals surface area contributed by atoms with Gasteiger partial charge in [0.05, 0.1) is 69.7 Å². The molecule has 6 saturated heterocycles. The van der Waals surface area contributed by atoms with E-state index in [9.17, 15) is 35.4 Å². The third-order valence-corrected chi connectivity index (χ3v) is 10.1. The first-order chi connectivity index (χ1) is 31.6. The molecule has 0 bridgehead atoms. The van der Waals surface area contributed by atoms with E-state index in [0.717, 1.165) is 12.8 Å². The van der Waals surface area contributed by atoms with Gasteiger partial charge in [0.1, 0.15) is 67.6 Å². The summed E-state index contributed by atoms with van der Waals surface area (Å²) < 4.78 is 65.5. The summed E-state index contributed by atoms with van der Waals surface area (Å²) >= 11 is 0. The first-order valence-electron chi connectivity index (χ1n) is 21.9. The molecule has 6 aliphatic rings. The fourth-order valence-electron chi connectivity index (χ4n) is 6.59. The van der Waals surface area contributed by atoms with Crippen molar-refractivity contribution in [2.75, 3.05) is 96.0 Å². The molecule has 9 unspecified atom stereocenters. The van der Waals surface area contributed by atoms with Crippen LogP contribution in [0.5, 0.6) is 0 Å². The van der Waals surface area contributed by atoms with Crippen molar-refractivity contribution in [3.8, 4) is 0 Å². The molecule has 0 aromatic heterocycles. The van der Waals surface area contributed by atoms with Crippen LogP contribution in [0.15, 0.2) is 0 Å². The second-order valence-electron chi connectivity index (χ2n) is 16.5. The average Bonchev–Trinajstić information content (AvgIpc) is 3.28. The summed E-state index contributed by atoms with van der Waals surface area (Å²) in [4.78, 5) is 10.5. The van der Waals surface area contributed by atoms with Crippen molar-refractivity contribution in [2.24, 2.45) is 0 Å². The fourth-order valence-corrected chi connectivity index (χ4v) is 6.59. The van der Waals surface area contributed by atoms with Gasteiger partial charge in [-0.05, 0) is 40.0 Å². The summed E-state index contributed by atoms with van der Waals surface area (Å²) in [7, 11) is 11.1. The molecule has 410 valence electrons. The Hall–Kier alpha value is -1.45. The van der Waals surface area contributed by atoms with Crippen LogP contribution >= 0.6 is 0 Å². The molecule has 0 amide bonds. The van der Waals surface area contributed by atoms with Crippen LogP contribution in [0.4, 0.5) is 0 Å². The summed E-state index contributed by atoms with van der Waals surface area (Å²) in [6, 6.07) is 0. The number of methoxy groups -OCH3 is 4. The lowest BCUT2D eigenvalue weighted by atomic mass is 9.96. The lowest BCUT2D eigenvalue weighted by molar-refractivity contribution is -0.397. The van der Waals surface area contributed by atoms with E-state index in [1.54, 1.807) is 63.4 Å². The minimum atomic E-state index is -1.41. The van der Waals surface area contributed by atoms with Gasteiger partial charge in [0.2, 0.25) is 0 Å². The smallest absolute Gasteiger partial charge is 0.302 e. The van der Waals surface area contributed by atoms with Gasteiger partial charge in [0, 0.05) is 69.7 Å². The molecular formula is C43H88O25. The Morgan fingerprint density at radius 3 is 1.71 bits per heavy atom. The van der Waals surface area contributed by atoms with Crippen molar-refractivity contribution in [2.45, 2.75) is 177 Å². The van der Waals surface area contributed by atoms with Crippen molar-refractivity contribution >= 4 is 5.97 Å². The van der Waals surface area contributed by atoms with E-state index in [1.807, 2.05) is 0 Å². The molecular weight excluding hydrogens is 916 g/mol. The van der Waals surface area contributed by atoms with Gasteiger partial charge in [0.15, 0.2) is 18.4 Å². The Balaban J connectivity index is 0. The Morgan fingerprint density at radius 1 is 0.647 bits per heavy atom. The van der Waals surface area contributed by atoms with Crippen LogP contribution in [0.1, 0.15) is 60.8 Å². The van der Waals surface area contributed by atoms with Gasteiger partial charge in [-0.3, -0.25) is 4.79 Å². The normalized spacial score (nSPS) is 38.1. The molecule has 6 rings (SSSR count). The maximum atomic E-state index is 10.5. The standard InChI is InChI=1S/C16H28O10.C8H14O5.C6H12O4.C6H12O3.3C2H6O.CH4/c1-6-12(8(17)10(19)14(21-4)23-6)25-15-11(20)9(18)13-7(24-15)5-22-16(2,3)26-13;1-5(9)13-4-7-8(11)6(10)2-3-12-7;7-2-4-1-5(8)6(9)3-10-4;7-3-6-2-1-5(8)4-9-6;3*1-3-2;/h6-15,17-20H,5H2,1-4H3;6-8,10-11H,2-4H2,1H3;4-9H,1-3H2;5-8H,1-4H2;3*1-2H3;1H4/t6?,7?,8-,9-,10?,11?,12+,13+,14+,15-;6-,7?,8-;4?,5-,6?;;;;;/m001...../s1. The lowest BCUT2D eigenvalue weighted by Crippen LogP contribution is -2.66. The van der Waals surface area contributed by atoms with E-state index < -0.39 is 104 Å². The topological polar surface area (TPSA) is 360 Å². The number of aliphatic hydroxyl groups is 11. The molecule has 25 nitrogen and oxygen atoms in total. The van der Waals surface area contributed by atoms with Crippen LogP contribution in [0.2, 0.25) is 0 Å². The molecule has 0 radical (unpaired) electrons. The highest BCUT2D eigenvalue weighted by atomic mass is 16.8. The van der Waals surface area contributed by atoms with Crippen LogP contribution < -0.4 is 0 Å². The van der Waals surface area contributed by atoms with Crippen molar-refractivity contribution < 1.29 is 123 Å². The van der Waals surface area contributed by atoms with Crippen molar-refractivity contribution in [3.05, 3.63) is 0 Å². The summed E-state index contributed by atoms with van der Waals surface area (Å²) in [6.45, 7) is 7.33. The van der Waals surface area contributed by atoms with Crippen molar-refractivity contribution in [3.63, 3.8) is 0 Å². The average molecular weight is 1010 g/mol. The van der Waals surface area contributed by atoms with Gasteiger partial charge in [-0.15, -0.1) is 0 Å². The Labute approximate surface area is 400 Å². The summed E-state index contributed by atoms with van der Waals surface area (Å²) in [5.74, 6) is -1.32. The molecule has 6 aliphatic heterocycles. The number of rotatable bonds is 7. The van der Waals surface area contributed by atoms with Crippen LogP contribution in [-0.2, 0) is 66.4 Å². The molecule has 0 saturated carbocycles. The largest absolute Gasteiger partial charge is 0.463 e. The number of fused-ring (bicyclic) bond motifs is 1. The molecule has 0 aromatic rings. The van der Waals surface area contributed by atoms with Crippen LogP contribution in [0.3, 0.4) is 0 Å². The number of aliphatic hydroxyl groups excluding tert-OH is 11. The minimum Gasteiger partial charge on any atom is -0.463 e. The van der Waals surface area contributed by atoms with Crippen LogP contribution in [-0.4, -0.2) is 274 Å². The zero-order chi connectivity index (χ0) is 51.4. The van der Waals surface area contributed by atoms with Gasteiger partial charge in [-0.25, -0.2) is 0 Å². The predicted molar refractivity (Wildman–Crippen MR) is 238 cm³/mol. The molecule has 25 heteroatoms. The third kappa shape index (κ3) is 25.3. The Kier molecular flexibility index (Phi) is 37.7. The van der Waals surface area contributed by atoms with Gasteiger partial charge in [0.25, 0.3) is 0 Å². The van der Waals surface area contributed by atoms with Gasteiger partial charge >= 0.3 is 5.97 Å². The number of carbonyl (C=O) groups excluding carboxylic acids is 1. The number of hydrogen-bond donors (Lipinski definition) is 11. The first kappa shape index (κ1) is 68.6. The molecule has 0 aromatic carbocycles. The molecule has 6 heterocycles. The highest BCUT2D eigenvalue weighted by Gasteiger charge is 2.53. The molecule has 0 spiro atoms. The van der Waals surface area contributed by atoms with E-state index >= 15 is 0 Å². The Bertz CT molecular complexity index is 1210. The third-order valence-electron chi connectivity index (χ3n) is 10.1. The molecule has 11 N–H and O–H groups in total. The SMILES string of the molecule is C.CC(=O)OCC1OCC[C@H](O)[C@@H]1O.COC.COC.COC.CO[C@@H]1OC(C)[C@@H](O[C@@H]2OC3COC(C)(C)O[C@H]3[C@@H](O)C2O)[C@@H](O)C1O.OCC1CCC(O)CO1.OCC1C[C@@H](O)C(O)CO1. The van der Waals surface area contributed by atoms with Crippen molar-refractivity contribution in [1.29, 1.82) is 0 Å². The van der Waals surface area contributed by atoms with Crippen LogP contribution in [0, 0.1) is 0 Å². The number of hydrogen-bond acceptors (Lipinski definition) is 25. The monoisotopic (exact) mass is 1000 g/mol. The zero-order valence-corrected chi connectivity index (χ0v) is 40.8. The van der Waals surface area contributed by atoms with Crippen molar-refractivity contribution in [1.82, 2.24) is 0 Å². The van der Waals surface area contributed by atoms with Gasteiger partial charge in [-0.1, -0.05) is 7.43 Å². The van der Waals surface area contributed by atoms with E-state index in [1.165, 1.54) is 14.0 Å². The number of carbonyl (C=O) groups is 1. The second kappa shape index (κ2) is 37.3. The highest BCUT2D eigenvalue weighted by Crippen LogP contribution is 2.34. The molecule has 0 aliphatic carbocycles. The second-order valence-corrected chi connectivity index (χ2v) is 16.5. The summed E-state index contributed by atoms with van der Waals surface area (Å²) in [5.41, 5.74) is 0. The van der Waals surface area contributed by atoms with E-state index in [2.05, 4.69) is 18.9 Å². The lowest BCUT2D eigenvalue weighted by Gasteiger charge is -2.50. The van der Waals surface area contributed by atoms with Crippen LogP contribution in [0.25, 0.3) is 0 Å². The first-order valence-corrected chi connectivity index (χ1v) is 21.9. The quantitative estimate of drug-likeness (QED) is 0.111. The summed E-state index contributed by atoms with van der Waals surface area (Å²) in [5, 5.41) is 104. The number of esters is 1. The number of ether oxygens (including phenoxy) is 13. The molecule has 18 atom stereocenters. The minimum absolute atomic E-state index is 0. The highest BCUT2D eigenvalue weighted by molar-refractivity contribution is 5.65. The van der Waals surface area contributed by atoms with E-state index in [4.69, 9.17) is 68.2 Å². The predicted octanol–water partition coefficient (Wildman–Crippen LogP) is -3.43. The molecule has 68 heavy (non-hydrogen) atoms. The Morgan fingerprint density at radius 2 is 1.21 bits per heavy atom. The molecule has 6 fully saturated rings. The van der Waals surface area contributed by atoms with E-state index in [-0.39, 0.29) is 58.8 Å². The van der Waals surface area contributed by atoms with Gasteiger partial charge in [-0.2, -0.15) is 0 Å².